The van der Waals surface area contributed by atoms with Crippen molar-refractivity contribution in [2.75, 3.05) is 59.3 Å². The lowest BCUT2D eigenvalue weighted by molar-refractivity contribution is -0.432. The molecule has 1 heterocycles. The molecule has 1 saturated heterocycles. The van der Waals surface area contributed by atoms with E-state index in [9.17, 15) is 14.4 Å². The number of hydrogen-bond donors (Lipinski definition) is 3. The van der Waals surface area contributed by atoms with Gasteiger partial charge in [0.25, 0.3) is 5.79 Å². The molecule has 0 unspecified atom stereocenters. The summed E-state index contributed by atoms with van der Waals surface area (Å²) < 4.78 is 84.0. The van der Waals surface area contributed by atoms with E-state index in [-0.39, 0.29) is 46.0 Å². The number of carbonyl (C=O) groups is 3. The number of benzene rings is 1. The Labute approximate surface area is 388 Å². The van der Waals surface area contributed by atoms with Crippen molar-refractivity contribution in [2.24, 2.45) is 0 Å². The van der Waals surface area contributed by atoms with E-state index < -0.39 is 72.7 Å². The molecule has 1 aromatic carbocycles. The Hall–Kier alpha value is -2.99. The average Bonchev–Trinajstić information content (AvgIpc) is 3.29. The first kappa shape index (κ1) is 58.1. The van der Waals surface area contributed by atoms with E-state index in [0.717, 1.165) is 56.9 Å². The Morgan fingerprint density at radius 2 is 1.29 bits per heavy atom. The molecule has 65 heavy (non-hydrogen) atoms. The van der Waals surface area contributed by atoms with Crippen molar-refractivity contribution in [1.29, 1.82) is 0 Å². The van der Waals surface area contributed by atoms with Crippen molar-refractivity contribution in [2.45, 2.75) is 200 Å². The van der Waals surface area contributed by atoms with Gasteiger partial charge in [0, 0.05) is 26.4 Å². The second-order valence-electron chi connectivity index (χ2n) is 16.9. The van der Waals surface area contributed by atoms with Crippen molar-refractivity contribution in [3.8, 4) is 0 Å². The molecule has 0 radical (unpaired) electrons. The van der Waals surface area contributed by atoms with Crippen LogP contribution in [-0.2, 0) is 54.1 Å². The van der Waals surface area contributed by atoms with Crippen LogP contribution in [-0.4, -0.2) is 126 Å². The maximum absolute atomic E-state index is 17.4. The fourth-order valence-corrected chi connectivity index (χ4v) is 7.05. The van der Waals surface area contributed by atoms with Crippen LogP contribution in [0.4, 0.5) is 13.6 Å². The Bertz CT molecular complexity index is 1400. The van der Waals surface area contributed by atoms with Crippen LogP contribution in [0.5, 0.6) is 0 Å². The van der Waals surface area contributed by atoms with Gasteiger partial charge in [-0.3, -0.25) is 4.79 Å². The van der Waals surface area contributed by atoms with Crippen LogP contribution in [0.15, 0.2) is 30.3 Å². The fourth-order valence-electron chi connectivity index (χ4n) is 7.05. The summed E-state index contributed by atoms with van der Waals surface area (Å²) in [5.74, 6) is -7.39. The lowest BCUT2D eigenvalue weighted by Crippen LogP contribution is -2.75. The van der Waals surface area contributed by atoms with Crippen LogP contribution in [0.2, 0.25) is 0 Å². The zero-order valence-corrected chi connectivity index (χ0v) is 40.8. The van der Waals surface area contributed by atoms with Crippen LogP contribution in [0.1, 0.15) is 150 Å². The molecule has 7 atom stereocenters. The maximum Gasteiger partial charge on any atom is 0.408 e. The number of unbranched alkanes of at least 4 members (excludes halogenated alkanes) is 7. The van der Waals surface area contributed by atoms with E-state index >= 15 is 8.78 Å². The number of carbonyl (C=O) groups excluding carboxylic acids is 3. The van der Waals surface area contributed by atoms with Gasteiger partial charge in [-0.15, -0.1) is 0 Å². The van der Waals surface area contributed by atoms with Gasteiger partial charge in [0.2, 0.25) is 5.91 Å². The number of hydrogen-bond acceptors (Lipinski definition) is 12. The van der Waals surface area contributed by atoms with Gasteiger partial charge in [-0.1, -0.05) is 110 Å². The molecule has 0 aliphatic carbocycles. The number of ether oxygens (including phenoxy) is 8. The van der Waals surface area contributed by atoms with Gasteiger partial charge in [0.1, 0.15) is 43.1 Å². The minimum Gasteiger partial charge on any atom is -0.464 e. The standard InChI is InChI=1S/C49H85F2N3O11/c1-8-14-29-58-36-41-42(59-30-15-9-2)43(60-31-16-10-3)44(61-32-17-11-4)49(65-41,64-34-19-13-6)48(50,51)37-52-28-24-23-27-40(45(55)53-38(7)46(56)62-33-18-12-5)54-47(57)63-35-39-25-21-20-22-26-39/h20-22,25-26,38,40-44,52H,8-19,23-24,27-37H2,1-7H3,(H,53,55)(H,54,57)/t38-,40-,41+,42-,43-,44+,49+/m0/s1. The van der Waals surface area contributed by atoms with Crippen LogP contribution in [0.25, 0.3) is 0 Å². The smallest absolute Gasteiger partial charge is 0.408 e. The van der Waals surface area contributed by atoms with Crippen molar-refractivity contribution < 1.29 is 61.1 Å². The third-order valence-corrected chi connectivity index (χ3v) is 11.1. The zero-order chi connectivity index (χ0) is 47.8. The monoisotopic (exact) mass is 930 g/mol. The van der Waals surface area contributed by atoms with Crippen molar-refractivity contribution >= 4 is 18.0 Å². The van der Waals surface area contributed by atoms with Crippen LogP contribution >= 0.6 is 0 Å². The average molecular weight is 930 g/mol. The van der Waals surface area contributed by atoms with Gasteiger partial charge in [0.05, 0.1) is 26.4 Å². The van der Waals surface area contributed by atoms with E-state index in [0.29, 0.717) is 58.3 Å². The third kappa shape index (κ3) is 21.2. The molecule has 1 aliphatic heterocycles. The predicted octanol–water partition coefficient (Wildman–Crippen LogP) is 8.81. The van der Waals surface area contributed by atoms with Gasteiger partial charge >= 0.3 is 18.0 Å². The van der Waals surface area contributed by atoms with Gasteiger partial charge in [-0.05, 0) is 76.8 Å². The number of rotatable bonds is 38. The largest absolute Gasteiger partial charge is 0.464 e. The highest BCUT2D eigenvalue weighted by atomic mass is 19.3. The lowest BCUT2D eigenvalue weighted by atomic mass is 9.87. The first-order valence-electron chi connectivity index (χ1n) is 24.7. The summed E-state index contributed by atoms with van der Waals surface area (Å²) in [5.41, 5.74) is 0.764. The van der Waals surface area contributed by atoms with Gasteiger partial charge in [-0.25, -0.2) is 9.59 Å². The molecule has 2 amide bonds. The molecule has 1 fully saturated rings. The molecule has 2 rings (SSSR count). The summed E-state index contributed by atoms with van der Waals surface area (Å²) in [5, 5.41) is 8.19. The zero-order valence-electron chi connectivity index (χ0n) is 40.8. The summed E-state index contributed by atoms with van der Waals surface area (Å²) >= 11 is 0. The van der Waals surface area contributed by atoms with E-state index in [1.807, 2.05) is 45.9 Å². The molecule has 0 spiro atoms. The Kier molecular flexibility index (Phi) is 30.7. The SMILES string of the molecule is CCCCOC[C@H]1O[C@@](OCCCC)(C(F)(F)CNCCCC[C@H](NC(=O)OCc2ccccc2)C(=O)N[C@@H](C)C(=O)OCCCC)[C@H](OCCCC)[C@@H](OCCCC)[C@H]1OCCCC. The second-order valence-corrected chi connectivity index (χ2v) is 16.9. The summed E-state index contributed by atoms with van der Waals surface area (Å²) in [6.45, 7) is 14.5. The Morgan fingerprint density at radius 3 is 1.94 bits per heavy atom. The molecule has 14 nitrogen and oxygen atoms in total. The highest BCUT2D eigenvalue weighted by Gasteiger charge is 2.69. The van der Waals surface area contributed by atoms with E-state index in [4.69, 9.17) is 37.9 Å². The molecular weight excluding hydrogens is 845 g/mol. The van der Waals surface area contributed by atoms with Crippen LogP contribution < -0.4 is 16.0 Å². The molecule has 1 aliphatic rings. The molecule has 1 aromatic rings. The number of nitrogens with one attached hydrogen (secondary N) is 3. The summed E-state index contributed by atoms with van der Waals surface area (Å²) in [6.07, 6.45) is 5.20. The van der Waals surface area contributed by atoms with Crippen LogP contribution in [0, 0.1) is 0 Å². The maximum atomic E-state index is 17.4. The minimum absolute atomic E-state index is 0.00545. The van der Waals surface area contributed by atoms with Crippen LogP contribution in [0.3, 0.4) is 0 Å². The van der Waals surface area contributed by atoms with Gasteiger partial charge in [-0.2, -0.15) is 8.78 Å². The van der Waals surface area contributed by atoms with Gasteiger partial charge in [0.15, 0.2) is 0 Å². The number of alkyl halides is 2. The quantitative estimate of drug-likeness (QED) is 0.0428. The normalized spacial score (nSPS) is 20.8. The minimum atomic E-state index is -3.64. The topological polar surface area (TPSA) is 161 Å². The molecule has 16 heteroatoms. The first-order chi connectivity index (χ1) is 31.4. The molecule has 3 N–H and O–H groups in total. The van der Waals surface area contributed by atoms with E-state index in [1.54, 1.807) is 12.1 Å². The second kappa shape index (κ2) is 34.3. The Balaban J connectivity index is 2.34. The highest BCUT2D eigenvalue weighted by molar-refractivity contribution is 5.89. The van der Waals surface area contributed by atoms with Crippen molar-refractivity contribution in [1.82, 2.24) is 16.0 Å². The van der Waals surface area contributed by atoms with E-state index in [2.05, 4.69) is 29.8 Å². The van der Waals surface area contributed by atoms with Gasteiger partial charge < -0.3 is 53.8 Å². The Morgan fingerprint density at radius 1 is 0.708 bits per heavy atom. The molecule has 0 aromatic heterocycles. The summed E-state index contributed by atoms with van der Waals surface area (Å²) in [7, 11) is 0. The van der Waals surface area contributed by atoms with Crippen molar-refractivity contribution in [3.63, 3.8) is 0 Å². The number of amides is 2. The fraction of sp³-hybridized carbons (Fsp3) is 0.816. The highest BCUT2D eigenvalue weighted by Crippen LogP contribution is 2.46. The van der Waals surface area contributed by atoms with E-state index in [1.165, 1.54) is 6.92 Å². The molecule has 0 saturated carbocycles. The number of esters is 1. The molecule has 376 valence electrons. The summed E-state index contributed by atoms with van der Waals surface area (Å²) in [4.78, 5) is 38.9. The first-order valence-corrected chi connectivity index (χ1v) is 24.7. The summed E-state index contributed by atoms with van der Waals surface area (Å²) in [6, 6.07) is 7.05. The molecule has 0 bridgehead atoms. The lowest BCUT2D eigenvalue weighted by Gasteiger charge is -2.54. The number of halogens is 2. The third-order valence-electron chi connectivity index (χ3n) is 11.1. The molecular formula is C49H85F2N3O11. The number of alkyl carbamates (subject to hydrolysis) is 1. The van der Waals surface area contributed by atoms with Crippen molar-refractivity contribution in [3.05, 3.63) is 35.9 Å². The predicted molar refractivity (Wildman–Crippen MR) is 247 cm³/mol.